The van der Waals surface area contributed by atoms with Crippen LogP contribution in [0.4, 0.5) is 8.78 Å². The van der Waals surface area contributed by atoms with Crippen LogP contribution in [0.5, 0.6) is 0 Å². The zero-order valence-electron chi connectivity index (χ0n) is 13.6. The third kappa shape index (κ3) is 3.80. The summed E-state index contributed by atoms with van der Waals surface area (Å²) in [6, 6.07) is 3.73. The van der Waals surface area contributed by atoms with Gasteiger partial charge in [-0.15, -0.1) is 11.3 Å². The van der Waals surface area contributed by atoms with Crippen LogP contribution in [-0.4, -0.2) is 28.9 Å². The number of amides is 1. The zero-order chi connectivity index (χ0) is 17.1. The summed E-state index contributed by atoms with van der Waals surface area (Å²) in [5.41, 5.74) is 3.01. The van der Waals surface area contributed by atoms with Gasteiger partial charge in [-0.3, -0.25) is 4.79 Å². The van der Waals surface area contributed by atoms with Crippen molar-refractivity contribution in [3.8, 4) is 0 Å². The zero-order valence-corrected chi connectivity index (χ0v) is 14.4. The van der Waals surface area contributed by atoms with Crippen molar-refractivity contribution in [3.05, 3.63) is 51.5 Å². The second-order valence-corrected chi connectivity index (χ2v) is 7.16. The van der Waals surface area contributed by atoms with Crippen molar-refractivity contribution in [2.24, 2.45) is 5.92 Å². The number of likely N-dealkylation sites (tertiary alicyclic amines) is 1. The van der Waals surface area contributed by atoms with E-state index in [-0.39, 0.29) is 5.91 Å². The molecule has 6 heteroatoms. The van der Waals surface area contributed by atoms with Crippen LogP contribution in [0.15, 0.2) is 23.7 Å². The molecule has 1 fully saturated rings. The molecule has 3 nitrogen and oxygen atoms in total. The maximum absolute atomic E-state index is 13.7. The van der Waals surface area contributed by atoms with Crippen molar-refractivity contribution in [3.63, 3.8) is 0 Å². The summed E-state index contributed by atoms with van der Waals surface area (Å²) in [6.07, 6.45) is 3.36. The number of thiazole rings is 1. The first-order chi connectivity index (χ1) is 11.5. The molecule has 0 saturated carbocycles. The highest BCUT2D eigenvalue weighted by Crippen LogP contribution is 2.25. The lowest BCUT2D eigenvalue weighted by Crippen LogP contribution is -2.40. The Bertz CT molecular complexity index is 732. The lowest BCUT2D eigenvalue weighted by molar-refractivity contribution is 0.0672. The molecule has 0 N–H and O–H groups in total. The summed E-state index contributed by atoms with van der Waals surface area (Å²) in [5, 5.41) is 0. The van der Waals surface area contributed by atoms with Crippen molar-refractivity contribution < 1.29 is 13.6 Å². The first-order valence-corrected chi connectivity index (χ1v) is 9.06. The Morgan fingerprint density at radius 1 is 1.42 bits per heavy atom. The predicted molar refractivity (Wildman–Crippen MR) is 90.2 cm³/mol. The number of carbonyl (C=O) groups excluding carboxylic acids is 1. The Kier molecular flexibility index (Phi) is 5.23. The van der Waals surface area contributed by atoms with E-state index < -0.39 is 11.6 Å². The Balaban J connectivity index is 1.59. The average molecular weight is 350 g/mol. The second-order valence-electron chi connectivity index (χ2n) is 6.30. The highest BCUT2D eigenvalue weighted by atomic mass is 32.1. The fourth-order valence-corrected chi connectivity index (χ4v) is 3.99. The van der Waals surface area contributed by atoms with Gasteiger partial charge in [-0.1, -0.05) is 6.07 Å². The van der Waals surface area contributed by atoms with Gasteiger partial charge in [-0.25, -0.2) is 13.8 Å². The van der Waals surface area contributed by atoms with Crippen molar-refractivity contribution in [1.29, 1.82) is 0 Å². The largest absolute Gasteiger partial charge is 0.338 e. The van der Waals surface area contributed by atoms with E-state index in [9.17, 15) is 13.6 Å². The molecule has 2 heterocycles. The van der Waals surface area contributed by atoms with E-state index in [1.54, 1.807) is 5.51 Å². The smallest absolute Gasteiger partial charge is 0.265 e. The molecule has 1 atom stereocenters. The Morgan fingerprint density at radius 2 is 2.25 bits per heavy atom. The van der Waals surface area contributed by atoms with Crippen LogP contribution >= 0.6 is 11.3 Å². The van der Waals surface area contributed by atoms with Gasteiger partial charge in [0, 0.05) is 19.2 Å². The van der Waals surface area contributed by atoms with E-state index >= 15 is 0 Å². The maximum Gasteiger partial charge on any atom is 0.265 e. The van der Waals surface area contributed by atoms with E-state index in [1.165, 1.54) is 23.5 Å². The number of aromatic nitrogens is 1. The molecule has 2 aromatic rings. The maximum atomic E-state index is 13.7. The molecule has 1 aliphatic heterocycles. The fourth-order valence-electron chi connectivity index (χ4n) is 3.22. The van der Waals surface area contributed by atoms with Crippen molar-refractivity contribution >= 4 is 17.2 Å². The van der Waals surface area contributed by atoms with Crippen LogP contribution in [-0.2, 0) is 6.42 Å². The molecule has 0 aliphatic carbocycles. The summed E-state index contributed by atoms with van der Waals surface area (Å²) in [4.78, 5) is 19.3. The van der Waals surface area contributed by atoms with Crippen molar-refractivity contribution in [1.82, 2.24) is 9.88 Å². The number of rotatable bonds is 4. The molecule has 0 radical (unpaired) electrons. The number of piperidine rings is 1. The molecule has 1 amide bonds. The third-order valence-corrected chi connectivity index (χ3v) is 5.50. The molecular weight excluding hydrogens is 330 g/mol. The number of carbonyl (C=O) groups is 1. The molecule has 0 spiro atoms. The summed E-state index contributed by atoms with van der Waals surface area (Å²) < 4.78 is 26.7. The lowest BCUT2D eigenvalue weighted by Gasteiger charge is -2.32. The molecule has 0 unspecified atom stereocenters. The fraction of sp³-hybridized carbons (Fsp3) is 0.444. The molecule has 0 bridgehead atoms. The molecule has 1 saturated heterocycles. The molecular formula is C18H20F2N2OS. The van der Waals surface area contributed by atoms with Gasteiger partial charge in [0.1, 0.15) is 16.5 Å². The minimum Gasteiger partial charge on any atom is -0.338 e. The summed E-state index contributed by atoms with van der Waals surface area (Å²) in [5.74, 6) is -0.641. The Labute approximate surface area is 144 Å². The number of benzene rings is 1. The average Bonchev–Trinajstić information content (AvgIpc) is 3.00. The number of hydrogen-bond acceptors (Lipinski definition) is 3. The van der Waals surface area contributed by atoms with Gasteiger partial charge in [0.25, 0.3) is 5.91 Å². The number of halogens is 2. The SMILES string of the molecule is Cc1ncsc1C(=O)N1CCC[C@@H](CCc2ccc(F)cc2F)C1. The van der Waals surface area contributed by atoms with Crippen LogP contribution in [0, 0.1) is 24.5 Å². The van der Waals surface area contributed by atoms with Gasteiger partial charge in [0.05, 0.1) is 11.2 Å². The molecule has 3 rings (SSSR count). The van der Waals surface area contributed by atoms with Crippen LogP contribution in [0.3, 0.4) is 0 Å². The van der Waals surface area contributed by atoms with E-state index in [0.717, 1.165) is 37.6 Å². The third-order valence-electron chi connectivity index (χ3n) is 4.58. The lowest BCUT2D eigenvalue weighted by atomic mass is 9.91. The number of nitrogens with zero attached hydrogens (tertiary/aromatic N) is 2. The summed E-state index contributed by atoms with van der Waals surface area (Å²) >= 11 is 1.38. The Hall–Kier alpha value is -1.82. The van der Waals surface area contributed by atoms with Crippen LogP contribution in [0.2, 0.25) is 0 Å². The van der Waals surface area contributed by atoms with E-state index in [2.05, 4.69) is 4.98 Å². The summed E-state index contributed by atoms with van der Waals surface area (Å²) in [7, 11) is 0. The minimum absolute atomic E-state index is 0.0488. The highest BCUT2D eigenvalue weighted by Gasteiger charge is 2.26. The Morgan fingerprint density at radius 3 is 2.96 bits per heavy atom. The molecule has 128 valence electrons. The summed E-state index contributed by atoms with van der Waals surface area (Å²) in [6.45, 7) is 3.30. The van der Waals surface area contributed by atoms with Gasteiger partial charge in [-0.05, 0) is 50.2 Å². The van der Waals surface area contributed by atoms with E-state index in [4.69, 9.17) is 0 Å². The van der Waals surface area contributed by atoms with Gasteiger partial charge in [0.2, 0.25) is 0 Å². The molecule has 1 aromatic heterocycles. The molecule has 24 heavy (non-hydrogen) atoms. The van der Waals surface area contributed by atoms with Crippen molar-refractivity contribution in [2.75, 3.05) is 13.1 Å². The standard InChI is InChI=1S/C18H20F2N2OS/c1-12-17(24-11-21-12)18(23)22-8-2-3-13(10-22)4-5-14-6-7-15(19)9-16(14)20/h6-7,9,11,13H,2-5,8,10H2,1H3/t13-/m0/s1. The quantitative estimate of drug-likeness (QED) is 0.827. The van der Waals surface area contributed by atoms with Crippen LogP contribution < -0.4 is 0 Å². The topological polar surface area (TPSA) is 33.2 Å². The van der Waals surface area contributed by atoms with Gasteiger partial charge in [0.15, 0.2) is 0 Å². The normalized spacial score (nSPS) is 18.0. The minimum atomic E-state index is -0.550. The van der Waals surface area contributed by atoms with Crippen LogP contribution in [0.1, 0.15) is 40.2 Å². The van der Waals surface area contributed by atoms with Crippen LogP contribution in [0.25, 0.3) is 0 Å². The highest BCUT2D eigenvalue weighted by molar-refractivity contribution is 7.11. The number of hydrogen-bond donors (Lipinski definition) is 0. The first kappa shape index (κ1) is 17.0. The van der Waals surface area contributed by atoms with Crippen molar-refractivity contribution in [2.45, 2.75) is 32.6 Å². The first-order valence-electron chi connectivity index (χ1n) is 8.18. The number of aryl methyl sites for hydroxylation is 2. The molecule has 1 aromatic carbocycles. The van der Waals surface area contributed by atoms with E-state index in [1.807, 2.05) is 11.8 Å². The van der Waals surface area contributed by atoms with E-state index in [0.29, 0.717) is 29.3 Å². The second kappa shape index (κ2) is 7.38. The molecule has 1 aliphatic rings. The van der Waals surface area contributed by atoms with Gasteiger partial charge in [-0.2, -0.15) is 0 Å². The van der Waals surface area contributed by atoms with Gasteiger partial charge >= 0.3 is 0 Å². The van der Waals surface area contributed by atoms with Gasteiger partial charge < -0.3 is 4.90 Å². The predicted octanol–water partition coefficient (Wildman–Crippen LogP) is 4.21. The monoisotopic (exact) mass is 350 g/mol.